The molecule has 5 nitrogen and oxygen atoms in total. The zero-order valence-electron chi connectivity index (χ0n) is 21.6. The zero-order chi connectivity index (χ0) is 26.5. The second kappa shape index (κ2) is 9.10. The molecule has 0 bridgehead atoms. The maximum Gasteiger partial charge on any atom is 0.164 e. The highest BCUT2D eigenvalue weighted by Gasteiger charge is 2.25. The number of fused-ring (bicyclic) bond motifs is 2. The number of rotatable bonds is 4. The molecule has 8 rings (SSSR count). The number of benzene rings is 5. The summed E-state index contributed by atoms with van der Waals surface area (Å²) in [4.78, 5) is 20.0. The second-order valence-electron chi connectivity index (χ2n) is 9.97. The van der Waals surface area contributed by atoms with Crippen LogP contribution in [-0.4, -0.2) is 24.5 Å². The Hall–Kier alpha value is -5.42. The van der Waals surface area contributed by atoms with Crippen LogP contribution in [0.3, 0.4) is 0 Å². The molecule has 40 heavy (non-hydrogen) atoms. The topological polar surface area (TPSA) is 56.5 Å². The van der Waals surface area contributed by atoms with Gasteiger partial charge in [-0.2, -0.15) is 0 Å². The molecule has 0 atom stereocenters. The first-order chi connectivity index (χ1) is 19.8. The first-order valence-electron chi connectivity index (χ1n) is 13.4. The Bertz CT molecular complexity index is 1960. The second-order valence-corrected chi connectivity index (χ2v) is 9.97. The molecule has 0 aliphatic carbocycles. The summed E-state index contributed by atoms with van der Waals surface area (Å²) in [6.45, 7) is 0.783. The Morgan fingerprint density at radius 3 is 1.60 bits per heavy atom. The van der Waals surface area contributed by atoms with Crippen LogP contribution in [0, 0.1) is 0 Å². The summed E-state index contributed by atoms with van der Waals surface area (Å²) in [7, 11) is 0. The normalized spacial score (nSPS) is 11.9. The summed E-state index contributed by atoms with van der Waals surface area (Å²) >= 11 is 0. The van der Waals surface area contributed by atoms with Gasteiger partial charge >= 0.3 is 0 Å². The van der Waals surface area contributed by atoms with E-state index in [0.29, 0.717) is 17.5 Å². The highest BCUT2D eigenvalue weighted by Crippen LogP contribution is 2.41. The average molecular weight is 514 g/mol. The predicted octanol–water partition coefficient (Wildman–Crippen LogP) is 7.92. The Labute approximate surface area is 231 Å². The van der Waals surface area contributed by atoms with E-state index in [2.05, 4.69) is 65.2 Å². The van der Waals surface area contributed by atoms with E-state index in [4.69, 9.17) is 19.9 Å². The molecule has 5 heteroatoms. The molecule has 1 aliphatic heterocycles. The van der Waals surface area contributed by atoms with Crippen molar-refractivity contribution in [3.05, 3.63) is 133 Å². The highest BCUT2D eigenvalue weighted by molar-refractivity contribution is 5.99. The van der Waals surface area contributed by atoms with E-state index < -0.39 is 0 Å². The summed E-state index contributed by atoms with van der Waals surface area (Å²) in [5, 5.41) is 0. The summed E-state index contributed by atoms with van der Waals surface area (Å²) in [5.41, 5.74) is 9.64. The van der Waals surface area contributed by atoms with E-state index in [1.807, 2.05) is 66.7 Å². The molecule has 0 fully saturated rings. The smallest absolute Gasteiger partial charge is 0.164 e. The van der Waals surface area contributed by atoms with Gasteiger partial charge in [0, 0.05) is 27.8 Å². The minimum Gasteiger partial charge on any atom is -0.319 e. The molecule has 0 saturated carbocycles. The molecule has 0 amide bonds. The molecule has 0 saturated heterocycles. The van der Waals surface area contributed by atoms with E-state index in [1.165, 1.54) is 11.1 Å². The van der Waals surface area contributed by atoms with Gasteiger partial charge in [-0.3, -0.25) is 0 Å². The minimum atomic E-state index is 0.629. The lowest BCUT2D eigenvalue weighted by molar-refractivity contribution is 0.827. The van der Waals surface area contributed by atoms with E-state index in [0.717, 1.165) is 51.2 Å². The van der Waals surface area contributed by atoms with Crippen molar-refractivity contribution < 1.29 is 0 Å². The summed E-state index contributed by atoms with van der Waals surface area (Å²) in [6.07, 6.45) is 0. The number of hydrogen-bond acceptors (Lipinski definition) is 4. The van der Waals surface area contributed by atoms with Crippen LogP contribution in [0.2, 0.25) is 0 Å². The summed E-state index contributed by atoms with van der Waals surface area (Å²) in [5.74, 6) is 2.89. The van der Waals surface area contributed by atoms with Gasteiger partial charge in [-0.1, -0.05) is 115 Å². The zero-order valence-corrected chi connectivity index (χ0v) is 21.6. The number of imidazole rings is 1. The first-order valence-corrected chi connectivity index (χ1v) is 13.4. The molecule has 0 N–H and O–H groups in total. The molecule has 7 aromatic rings. The Kier molecular flexibility index (Phi) is 5.13. The van der Waals surface area contributed by atoms with E-state index in [9.17, 15) is 0 Å². The largest absolute Gasteiger partial charge is 0.319 e. The third-order valence-corrected chi connectivity index (χ3v) is 7.47. The van der Waals surface area contributed by atoms with Gasteiger partial charge in [0.05, 0.1) is 17.6 Å². The average Bonchev–Trinajstić information content (AvgIpc) is 3.41. The maximum absolute atomic E-state index is 5.18. The highest BCUT2D eigenvalue weighted by atomic mass is 15.1. The quantitative estimate of drug-likeness (QED) is 0.240. The van der Waals surface area contributed by atoms with Crippen LogP contribution < -0.4 is 0 Å². The fraction of sp³-hybridized carbons (Fsp3) is 0.0286. The van der Waals surface area contributed by atoms with Gasteiger partial charge in [0.25, 0.3) is 0 Å². The predicted molar refractivity (Wildman–Crippen MR) is 159 cm³/mol. The van der Waals surface area contributed by atoms with Gasteiger partial charge < -0.3 is 4.57 Å². The molecular weight excluding hydrogens is 490 g/mol. The van der Waals surface area contributed by atoms with Gasteiger partial charge in [-0.15, -0.1) is 0 Å². The molecule has 2 aromatic heterocycles. The fourth-order valence-electron chi connectivity index (χ4n) is 5.59. The van der Waals surface area contributed by atoms with Gasteiger partial charge in [0.15, 0.2) is 17.5 Å². The first kappa shape index (κ1) is 22.6. The van der Waals surface area contributed by atoms with Crippen LogP contribution in [-0.2, 0) is 6.54 Å². The summed E-state index contributed by atoms with van der Waals surface area (Å²) < 4.78 is 2.34. The van der Waals surface area contributed by atoms with Gasteiger partial charge in [0.1, 0.15) is 5.82 Å². The third kappa shape index (κ3) is 3.71. The Balaban J connectivity index is 1.40. The number of nitrogens with zero attached hydrogens (tertiary/aromatic N) is 5. The lowest BCUT2D eigenvalue weighted by atomic mass is 9.93. The van der Waals surface area contributed by atoms with Gasteiger partial charge in [-0.05, 0) is 23.3 Å². The van der Waals surface area contributed by atoms with Crippen molar-refractivity contribution in [1.29, 1.82) is 0 Å². The van der Waals surface area contributed by atoms with Crippen LogP contribution in [0.4, 0.5) is 0 Å². The standard InChI is InChI=1S/C35H23N5/c1-4-12-23(13-5-1)32-37-33(24-14-6-2-7-15-24)39-34(38-32)27-20-29-28-19-11-10-18-26(28)22-40-31(29)30(21-27)36-35(40)25-16-8-3-9-17-25/h1-21H,22H2. The molecule has 0 unspecified atom stereocenters. The van der Waals surface area contributed by atoms with E-state index in [-0.39, 0.29) is 0 Å². The van der Waals surface area contributed by atoms with Crippen molar-refractivity contribution in [1.82, 2.24) is 24.5 Å². The van der Waals surface area contributed by atoms with Crippen molar-refractivity contribution in [3.8, 4) is 56.7 Å². The fourth-order valence-corrected chi connectivity index (χ4v) is 5.59. The van der Waals surface area contributed by atoms with Crippen molar-refractivity contribution >= 4 is 11.0 Å². The van der Waals surface area contributed by atoms with Crippen molar-refractivity contribution in [2.45, 2.75) is 6.54 Å². The van der Waals surface area contributed by atoms with Crippen LogP contribution in [0.5, 0.6) is 0 Å². The van der Waals surface area contributed by atoms with Crippen LogP contribution in [0.1, 0.15) is 5.56 Å². The SMILES string of the molecule is c1ccc(-c2nc(-c3ccccc3)nc(-c3cc4c5c(c3)nc(-c3ccccc3)n5Cc3ccccc3-4)n2)cc1. The van der Waals surface area contributed by atoms with Crippen LogP contribution >= 0.6 is 0 Å². The molecule has 5 aromatic carbocycles. The molecular formula is C35H23N5. The Morgan fingerprint density at radius 1 is 0.450 bits per heavy atom. The monoisotopic (exact) mass is 513 g/mol. The number of aromatic nitrogens is 5. The molecule has 0 spiro atoms. The molecule has 188 valence electrons. The van der Waals surface area contributed by atoms with E-state index in [1.54, 1.807) is 0 Å². The molecule has 1 aliphatic rings. The van der Waals surface area contributed by atoms with Gasteiger partial charge in [-0.25, -0.2) is 19.9 Å². The van der Waals surface area contributed by atoms with E-state index >= 15 is 0 Å². The number of hydrogen-bond donors (Lipinski definition) is 0. The van der Waals surface area contributed by atoms with Crippen LogP contribution in [0.15, 0.2) is 127 Å². The van der Waals surface area contributed by atoms with Crippen molar-refractivity contribution in [2.24, 2.45) is 0 Å². The third-order valence-electron chi connectivity index (χ3n) is 7.47. The van der Waals surface area contributed by atoms with Gasteiger partial charge in [0.2, 0.25) is 0 Å². The van der Waals surface area contributed by atoms with Crippen molar-refractivity contribution in [2.75, 3.05) is 0 Å². The summed E-state index contributed by atoms with van der Waals surface area (Å²) in [6, 6.07) is 43.5. The molecule has 0 radical (unpaired) electrons. The maximum atomic E-state index is 5.18. The van der Waals surface area contributed by atoms with Crippen molar-refractivity contribution in [3.63, 3.8) is 0 Å². The lowest BCUT2D eigenvalue weighted by Crippen LogP contribution is -2.09. The Morgan fingerprint density at radius 2 is 0.975 bits per heavy atom. The minimum absolute atomic E-state index is 0.629. The molecule has 3 heterocycles. The lowest BCUT2D eigenvalue weighted by Gasteiger charge is -2.21. The van der Waals surface area contributed by atoms with Crippen LogP contribution in [0.25, 0.3) is 67.7 Å².